The highest BCUT2D eigenvalue weighted by atomic mass is 32.1. The van der Waals surface area contributed by atoms with Crippen LogP contribution in [-0.4, -0.2) is 36.4 Å². The van der Waals surface area contributed by atoms with E-state index in [0.29, 0.717) is 29.7 Å². The Bertz CT molecular complexity index is 1130. The van der Waals surface area contributed by atoms with Gasteiger partial charge >= 0.3 is 5.97 Å². The van der Waals surface area contributed by atoms with E-state index in [4.69, 9.17) is 4.74 Å². The molecule has 0 unspecified atom stereocenters. The van der Waals surface area contributed by atoms with Gasteiger partial charge in [-0.05, 0) is 25.8 Å². The van der Waals surface area contributed by atoms with Gasteiger partial charge in [0.2, 0.25) is 5.43 Å². The molecule has 1 saturated heterocycles. The summed E-state index contributed by atoms with van der Waals surface area (Å²) in [7, 11) is 0. The Balaban J connectivity index is 2.14. The molecule has 1 aliphatic rings. The van der Waals surface area contributed by atoms with Crippen molar-refractivity contribution in [2.45, 2.75) is 19.8 Å². The molecule has 0 spiro atoms. The lowest BCUT2D eigenvalue weighted by molar-refractivity contribution is 0.0527. The number of thiazole rings is 1. The number of carbonyl (C=O) groups excluding carboxylic acids is 2. The maximum atomic E-state index is 14.9. The van der Waals surface area contributed by atoms with Gasteiger partial charge in [0, 0.05) is 24.7 Å². The summed E-state index contributed by atoms with van der Waals surface area (Å²) in [4.78, 5) is 39.5. The number of pyridine rings is 1. The van der Waals surface area contributed by atoms with Gasteiger partial charge in [-0.1, -0.05) is 0 Å². The quantitative estimate of drug-likeness (QED) is 0.507. The topological polar surface area (TPSA) is 68.1 Å². The van der Waals surface area contributed by atoms with Gasteiger partial charge in [0.1, 0.15) is 16.2 Å². The third-order valence-electron chi connectivity index (χ3n) is 4.82. The number of rotatable bonds is 4. The van der Waals surface area contributed by atoms with Crippen LogP contribution in [0.1, 0.15) is 40.5 Å². The number of anilines is 1. The number of nitrogens with zero attached hydrogens (tertiary/aromatic N) is 2. The highest BCUT2D eigenvalue weighted by molar-refractivity contribution is 7.16. The molecular formula is C19H17FN2O4S. The van der Waals surface area contributed by atoms with Crippen molar-refractivity contribution in [3.8, 4) is 0 Å². The first-order valence-corrected chi connectivity index (χ1v) is 9.61. The van der Waals surface area contributed by atoms with Crippen molar-refractivity contribution in [3.63, 3.8) is 0 Å². The summed E-state index contributed by atoms with van der Waals surface area (Å²) in [6.07, 6.45) is 4.10. The zero-order chi connectivity index (χ0) is 19.1. The minimum absolute atomic E-state index is 0.00324. The molecule has 4 rings (SSSR count). The van der Waals surface area contributed by atoms with Crippen LogP contribution in [0.15, 0.2) is 22.4 Å². The third kappa shape index (κ3) is 2.63. The number of carbonyl (C=O) groups is 2. The first kappa shape index (κ1) is 17.7. The van der Waals surface area contributed by atoms with Gasteiger partial charge in [-0.25, -0.2) is 9.18 Å². The van der Waals surface area contributed by atoms with Crippen molar-refractivity contribution in [2.24, 2.45) is 0 Å². The fourth-order valence-corrected chi connectivity index (χ4v) is 4.58. The van der Waals surface area contributed by atoms with Crippen molar-refractivity contribution >= 4 is 45.0 Å². The fraction of sp³-hybridized carbons (Fsp3) is 0.316. The molecular weight excluding hydrogens is 371 g/mol. The van der Waals surface area contributed by atoms with E-state index in [1.54, 1.807) is 22.9 Å². The first-order valence-electron chi connectivity index (χ1n) is 8.73. The van der Waals surface area contributed by atoms with Crippen LogP contribution in [0.2, 0.25) is 0 Å². The minimum atomic E-state index is -0.749. The Labute approximate surface area is 157 Å². The Morgan fingerprint density at radius 2 is 2.11 bits per heavy atom. The number of ether oxygens (including phenoxy) is 1. The summed E-state index contributed by atoms with van der Waals surface area (Å²) in [5.41, 5.74) is -0.0842. The van der Waals surface area contributed by atoms with Crippen molar-refractivity contribution in [3.05, 3.63) is 44.8 Å². The molecule has 8 heteroatoms. The summed E-state index contributed by atoms with van der Waals surface area (Å²) in [5, 5.41) is 1.71. The molecule has 0 radical (unpaired) electrons. The SMILES string of the molecule is CCOC(=O)c1c(=O)c2cc(F)c(N3CCCC3)c(C=O)c2n2ccsc12. The molecule has 0 aliphatic carbocycles. The van der Waals surface area contributed by atoms with Crippen LogP contribution in [-0.2, 0) is 4.74 Å². The van der Waals surface area contributed by atoms with Crippen LogP contribution in [0.25, 0.3) is 15.7 Å². The highest BCUT2D eigenvalue weighted by Crippen LogP contribution is 2.34. The van der Waals surface area contributed by atoms with Crippen LogP contribution in [0.3, 0.4) is 0 Å². The molecule has 3 aromatic rings. The lowest BCUT2D eigenvalue weighted by Crippen LogP contribution is -2.24. The second-order valence-corrected chi connectivity index (χ2v) is 7.23. The van der Waals surface area contributed by atoms with E-state index >= 15 is 0 Å². The monoisotopic (exact) mass is 388 g/mol. The van der Waals surface area contributed by atoms with Gasteiger partial charge < -0.3 is 14.0 Å². The summed E-state index contributed by atoms with van der Waals surface area (Å²) in [6, 6.07) is 1.13. The van der Waals surface area contributed by atoms with Gasteiger partial charge in [0.15, 0.2) is 6.29 Å². The molecule has 3 heterocycles. The van der Waals surface area contributed by atoms with E-state index in [1.807, 2.05) is 4.90 Å². The first-order chi connectivity index (χ1) is 13.1. The lowest BCUT2D eigenvalue weighted by Gasteiger charge is -2.22. The van der Waals surface area contributed by atoms with Crippen LogP contribution in [0, 0.1) is 5.82 Å². The smallest absolute Gasteiger partial charge is 0.345 e. The van der Waals surface area contributed by atoms with Gasteiger partial charge in [0.25, 0.3) is 0 Å². The largest absolute Gasteiger partial charge is 0.462 e. The number of fused-ring (bicyclic) bond motifs is 3. The summed E-state index contributed by atoms with van der Waals surface area (Å²) in [6.45, 7) is 3.09. The molecule has 2 aromatic heterocycles. The predicted molar refractivity (Wildman–Crippen MR) is 102 cm³/mol. The van der Waals surface area contributed by atoms with E-state index in [0.717, 1.165) is 18.9 Å². The Morgan fingerprint density at radius 1 is 1.37 bits per heavy atom. The van der Waals surface area contributed by atoms with Crippen LogP contribution in [0.5, 0.6) is 0 Å². The van der Waals surface area contributed by atoms with Gasteiger partial charge in [-0.2, -0.15) is 0 Å². The molecule has 0 saturated carbocycles. The Kier molecular flexibility index (Phi) is 4.43. The number of hydrogen-bond donors (Lipinski definition) is 0. The van der Waals surface area contributed by atoms with Gasteiger partial charge in [-0.3, -0.25) is 9.59 Å². The Morgan fingerprint density at radius 3 is 2.78 bits per heavy atom. The average molecular weight is 388 g/mol. The van der Waals surface area contributed by atoms with Crippen molar-refractivity contribution < 1.29 is 18.7 Å². The maximum Gasteiger partial charge on any atom is 0.345 e. The van der Waals surface area contributed by atoms with Crippen molar-refractivity contribution in [1.82, 2.24) is 4.40 Å². The second kappa shape index (κ2) is 6.77. The number of benzene rings is 1. The van der Waals surface area contributed by atoms with Crippen LogP contribution >= 0.6 is 11.3 Å². The molecule has 0 N–H and O–H groups in total. The number of aldehydes is 1. The second-order valence-electron chi connectivity index (χ2n) is 6.33. The lowest BCUT2D eigenvalue weighted by atomic mass is 10.0. The number of aromatic nitrogens is 1. The van der Waals surface area contributed by atoms with E-state index in [-0.39, 0.29) is 28.8 Å². The molecule has 1 aromatic carbocycles. The third-order valence-corrected chi connectivity index (χ3v) is 5.70. The average Bonchev–Trinajstić information content (AvgIpc) is 3.33. The van der Waals surface area contributed by atoms with Crippen LogP contribution in [0.4, 0.5) is 10.1 Å². The standard InChI is InChI=1S/C19H17FN2O4S/c1-2-26-19(25)14-17(24)11-9-13(20)16(21-5-3-4-6-21)12(10-23)15(11)22-7-8-27-18(14)22/h7-10H,2-6H2,1H3. The van der Waals surface area contributed by atoms with Gasteiger partial charge in [-0.15, -0.1) is 11.3 Å². The zero-order valence-corrected chi connectivity index (χ0v) is 15.5. The zero-order valence-electron chi connectivity index (χ0n) is 14.7. The molecule has 0 atom stereocenters. The predicted octanol–water partition coefficient (Wildman–Crippen LogP) is 3.24. The molecule has 6 nitrogen and oxygen atoms in total. The number of halogens is 1. The summed E-state index contributed by atoms with van der Waals surface area (Å²) in [5.74, 6) is -1.38. The van der Waals surface area contributed by atoms with E-state index < -0.39 is 17.2 Å². The van der Waals surface area contributed by atoms with E-state index in [1.165, 1.54) is 11.3 Å². The normalized spacial score (nSPS) is 14.2. The number of esters is 1. The fourth-order valence-electron chi connectivity index (χ4n) is 3.71. The Hall–Kier alpha value is -2.74. The van der Waals surface area contributed by atoms with Crippen LogP contribution < -0.4 is 10.3 Å². The molecule has 1 fully saturated rings. The molecule has 27 heavy (non-hydrogen) atoms. The summed E-state index contributed by atoms with van der Waals surface area (Å²) >= 11 is 1.20. The van der Waals surface area contributed by atoms with Gasteiger partial charge in [0.05, 0.1) is 28.8 Å². The molecule has 0 bridgehead atoms. The molecule has 140 valence electrons. The molecule has 0 amide bonds. The minimum Gasteiger partial charge on any atom is -0.462 e. The van der Waals surface area contributed by atoms with Crippen molar-refractivity contribution in [2.75, 3.05) is 24.6 Å². The highest BCUT2D eigenvalue weighted by Gasteiger charge is 2.27. The van der Waals surface area contributed by atoms with Crippen molar-refractivity contribution in [1.29, 1.82) is 0 Å². The van der Waals surface area contributed by atoms with E-state index in [2.05, 4.69) is 0 Å². The molecule has 1 aliphatic heterocycles. The summed E-state index contributed by atoms with van der Waals surface area (Å²) < 4.78 is 21.6. The van der Waals surface area contributed by atoms with E-state index in [9.17, 15) is 18.8 Å². The number of hydrogen-bond acceptors (Lipinski definition) is 6. The maximum absolute atomic E-state index is 14.9.